The van der Waals surface area contributed by atoms with E-state index in [2.05, 4.69) is 30.8 Å². The molecular formula is C16H22O. The summed E-state index contributed by atoms with van der Waals surface area (Å²) in [7, 11) is 0. The Balaban J connectivity index is 2.30. The number of rotatable bonds is 4. The van der Waals surface area contributed by atoms with Crippen molar-refractivity contribution in [1.29, 1.82) is 0 Å². The number of aliphatic hydroxyl groups excluding tert-OH is 1. The zero-order chi connectivity index (χ0) is 12.3. The molecule has 1 aromatic carbocycles. The average Bonchev–Trinajstić information content (AvgIpc) is 2.79. The predicted octanol–water partition coefficient (Wildman–Crippen LogP) is 3.83. The zero-order valence-electron chi connectivity index (χ0n) is 10.7. The maximum Gasteiger partial charge on any atom is 0.0673 e. The van der Waals surface area contributed by atoms with Crippen molar-refractivity contribution in [3.8, 4) is 0 Å². The van der Waals surface area contributed by atoms with Crippen LogP contribution in [0.4, 0.5) is 0 Å². The van der Waals surface area contributed by atoms with E-state index in [-0.39, 0.29) is 11.5 Å². The van der Waals surface area contributed by atoms with Gasteiger partial charge in [-0.25, -0.2) is 0 Å². The Labute approximate surface area is 104 Å². The van der Waals surface area contributed by atoms with Crippen LogP contribution < -0.4 is 0 Å². The van der Waals surface area contributed by atoms with Gasteiger partial charge in [0.05, 0.1) is 6.10 Å². The van der Waals surface area contributed by atoms with E-state index < -0.39 is 0 Å². The van der Waals surface area contributed by atoms with E-state index in [0.717, 1.165) is 24.8 Å². The first-order valence-corrected chi connectivity index (χ1v) is 6.53. The van der Waals surface area contributed by atoms with E-state index in [0.29, 0.717) is 0 Å². The van der Waals surface area contributed by atoms with Crippen LogP contribution in [-0.4, -0.2) is 11.2 Å². The molecule has 1 fully saturated rings. The molecule has 0 radical (unpaired) electrons. The Bertz CT molecular complexity index is 374. The fraction of sp³-hybridized carbons (Fsp3) is 0.500. The van der Waals surface area contributed by atoms with Gasteiger partial charge >= 0.3 is 0 Å². The highest BCUT2D eigenvalue weighted by molar-refractivity contribution is 5.29. The third kappa shape index (κ3) is 2.44. The molecule has 0 aromatic heterocycles. The molecule has 0 amide bonds. The molecule has 1 heteroatoms. The predicted molar refractivity (Wildman–Crippen MR) is 72.0 cm³/mol. The van der Waals surface area contributed by atoms with E-state index in [1.165, 1.54) is 18.4 Å². The summed E-state index contributed by atoms with van der Waals surface area (Å²) in [6, 6.07) is 10.5. The molecule has 1 aromatic rings. The van der Waals surface area contributed by atoms with Crippen LogP contribution in [0.1, 0.15) is 44.6 Å². The van der Waals surface area contributed by atoms with Crippen molar-refractivity contribution in [3.63, 3.8) is 0 Å². The molecular weight excluding hydrogens is 208 g/mol. The summed E-state index contributed by atoms with van der Waals surface area (Å²) in [4.78, 5) is 0. The van der Waals surface area contributed by atoms with Crippen molar-refractivity contribution < 1.29 is 5.11 Å². The van der Waals surface area contributed by atoms with Gasteiger partial charge in [-0.15, -0.1) is 6.58 Å². The second kappa shape index (κ2) is 5.05. The molecule has 0 spiro atoms. The summed E-state index contributed by atoms with van der Waals surface area (Å²) in [5.41, 5.74) is 2.34. The molecule has 1 atom stereocenters. The van der Waals surface area contributed by atoms with E-state index >= 15 is 0 Å². The minimum absolute atomic E-state index is 0.0276. The standard InChI is InChI=1S/C16H22O/c1-13(2)12-15(17)16(10-6-7-11-16)14-8-4-3-5-9-14/h3-5,8-9,15,17H,1,6-7,10-12H2,2H3. The molecule has 1 aliphatic rings. The third-order valence-electron chi connectivity index (χ3n) is 4.02. The molecule has 92 valence electrons. The first-order valence-electron chi connectivity index (χ1n) is 6.53. The topological polar surface area (TPSA) is 20.2 Å². The highest BCUT2D eigenvalue weighted by atomic mass is 16.3. The molecule has 0 heterocycles. The summed E-state index contributed by atoms with van der Waals surface area (Å²) in [5.74, 6) is 0. The van der Waals surface area contributed by atoms with Crippen LogP contribution in [-0.2, 0) is 5.41 Å². The quantitative estimate of drug-likeness (QED) is 0.779. The van der Waals surface area contributed by atoms with Crippen molar-refractivity contribution in [3.05, 3.63) is 48.0 Å². The summed E-state index contributed by atoms with van der Waals surface area (Å²) in [5, 5.41) is 10.6. The summed E-state index contributed by atoms with van der Waals surface area (Å²) >= 11 is 0. The van der Waals surface area contributed by atoms with Gasteiger partial charge in [-0.1, -0.05) is 48.7 Å². The normalized spacial score (nSPS) is 20.1. The fourth-order valence-electron chi connectivity index (χ4n) is 3.12. The van der Waals surface area contributed by atoms with Gasteiger partial charge in [-0.2, -0.15) is 0 Å². The van der Waals surface area contributed by atoms with Crippen LogP contribution in [0, 0.1) is 0 Å². The van der Waals surface area contributed by atoms with E-state index in [4.69, 9.17) is 0 Å². The van der Waals surface area contributed by atoms with Crippen LogP contribution in [0.3, 0.4) is 0 Å². The maximum absolute atomic E-state index is 10.6. The van der Waals surface area contributed by atoms with Crippen molar-refractivity contribution in [2.75, 3.05) is 0 Å². The lowest BCUT2D eigenvalue weighted by atomic mass is 9.72. The van der Waals surface area contributed by atoms with Crippen molar-refractivity contribution in [2.24, 2.45) is 0 Å². The molecule has 1 aliphatic carbocycles. The Morgan fingerprint density at radius 1 is 1.29 bits per heavy atom. The van der Waals surface area contributed by atoms with Crippen molar-refractivity contribution in [1.82, 2.24) is 0 Å². The molecule has 0 aliphatic heterocycles. The van der Waals surface area contributed by atoms with Gasteiger partial charge in [0.1, 0.15) is 0 Å². The lowest BCUT2D eigenvalue weighted by Crippen LogP contribution is -2.37. The molecule has 1 unspecified atom stereocenters. The van der Waals surface area contributed by atoms with Gasteiger partial charge in [0, 0.05) is 5.41 Å². The Morgan fingerprint density at radius 3 is 2.41 bits per heavy atom. The first kappa shape index (κ1) is 12.4. The van der Waals surface area contributed by atoms with Crippen molar-refractivity contribution in [2.45, 2.75) is 50.5 Å². The van der Waals surface area contributed by atoms with Crippen LogP contribution in [0.15, 0.2) is 42.5 Å². The van der Waals surface area contributed by atoms with Gasteiger partial charge in [0.2, 0.25) is 0 Å². The number of aliphatic hydroxyl groups is 1. The minimum Gasteiger partial charge on any atom is -0.392 e. The van der Waals surface area contributed by atoms with Gasteiger partial charge in [-0.3, -0.25) is 0 Å². The van der Waals surface area contributed by atoms with Gasteiger partial charge < -0.3 is 5.11 Å². The number of benzene rings is 1. The van der Waals surface area contributed by atoms with E-state index in [1.54, 1.807) is 0 Å². The lowest BCUT2D eigenvalue weighted by molar-refractivity contribution is 0.0827. The lowest BCUT2D eigenvalue weighted by Gasteiger charge is -2.35. The number of hydrogen-bond acceptors (Lipinski definition) is 1. The summed E-state index contributed by atoms with van der Waals surface area (Å²) < 4.78 is 0. The molecule has 0 bridgehead atoms. The third-order valence-corrected chi connectivity index (χ3v) is 4.02. The van der Waals surface area contributed by atoms with Gasteiger partial charge in [0.15, 0.2) is 0 Å². The highest BCUT2D eigenvalue weighted by Gasteiger charge is 2.41. The SMILES string of the molecule is C=C(C)CC(O)C1(c2ccccc2)CCCC1. The van der Waals surface area contributed by atoms with Crippen LogP contribution in [0.25, 0.3) is 0 Å². The van der Waals surface area contributed by atoms with E-state index in [9.17, 15) is 5.11 Å². The van der Waals surface area contributed by atoms with Crippen LogP contribution >= 0.6 is 0 Å². The largest absolute Gasteiger partial charge is 0.392 e. The molecule has 0 saturated heterocycles. The smallest absolute Gasteiger partial charge is 0.0673 e. The molecule has 1 nitrogen and oxygen atoms in total. The molecule has 2 rings (SSSR count). The second-order valence-corrected chi connectivity index (χ2v) is 5.41. The summed E-state index contributed by atoms with van der Waals surface area (Å²) in [6.45, 7) is 5.93. The molecule has 17 heavy (non-hydrogen) atoms. The first-order chi connectivity index (χ1) is 8.15. The second-order valence-electron chi connectivity index (χ2n) is 5.41. The van der Waals surface area contributed by atoms with Crippen molar-refractivity contribution >= 4 is 0 Å². The zero-order valence-corrected chi connectivity index (χ0v) is 10.7. The Morgan fingerprint density at radius 2 is 1.88 bits per heavy atom. The van der Waals surface area contributed by atoms with Crippen LogP contribution in [0.2, 0.25) is 0 Å². The number of hydrogen-bond donors (Lipinski definition) is 1. The van der Waals surface area contributed by atoms with E-state index in [1.807, 2.05) is 13.0 Å². The fourth-order valence-corrected chi connectivity index (χ4v) is 3.12. The Hall–Kier alpha value is -1.08. The van der Waals surface area contributed by atoms with Gasteiger partial charge in [0.25, 0.3) is 0 Å². The average molecular weight is 230 g/mol. The maximum atomic E-state index is 10.6. The van der Waals surface area contributed by atoms with Crippen LogP contribution in [0.5, 0.6) is 0 Å². The Kier molecular flexibility index (Phi) is 3.68. The minimum atomic E-state index is -0.287. The molecule has 1 N–H and O–H groups in total. The summed E-state index contributed by atoms with van der Waals surface area (Å²) in [6.07, 6.45) is 5.08. The monoisotopic (exact) mass is 230 g/mol. The highest BCUT2D eigenvalue weighted by Crippen LogP contribution is 2.45. The van der Waals surface area contributed by atoms with Gasteiger partial charge in [-0.05, 0) is 31.7 Å². The molecule has 1 saturated carbocycles.